The lowest BCUT2D eigenvalue weighted by Crippen LogP contribution is -2.25. The number of amides is 1. The van der Waals surface area contributed by atoms with E-state index in [9.17, 15) is 4.79 Å². The van der Waals surface area contributed by atoms with Crippen LogP contribution in [0.2, 0.25) is 0 Å². The molecule has 0 unspecified atom stereocenters. The van der Waals surface area contributed by atoms with Gasteiger partial charge in [0.2, 0.25) is 0 Å². The van der Waals surface area contributed by atoms with Gasteiger partial charge in [-0.1, -0.05) is 36.4 Å². The number of nitrogens with one attached hydrogen (secondary N) is 2. The summed E-state index contributed by atoms with van der Waals surface area (Å²) in [4.78, 5) is 19.7. The molecule has 0 saturated carbocycles. The van der Waals surface area contributed by atoms with Crippen molar-refractivity contribution in [3.8, 4) is 5.75 Å². The third kappa shape index (κ3) is 4.38. The van der Waals surface area contributed by atoms with Gasteiger partial charge in [-0.2, -0.15) is 0 Å². The van der Waals surface area contributed by atoms with Gasteiger partial charge in [0, 0.05) is 35.9 Å². The second-order valence-corrected chi connectivity index (χ2v) is 6.57. The molecule has 0 atom stereocenters. The van der Waals surface area contributed by atoms with Crippen molar-refractivity contribution < 1.29 is 9.53 Å². The number of pyridine rings is 1. The minimum atomic E-state index is -0.119. The van der Waals surface area contributed by atoms with Gasteiger partial charge in [0.05, 0.1) is 0 Å². The smallest absolute Gasteiger partial charge is 0.267 e. The van der Waals surface area contributed by atoms with Crippen molar-refractivity contribution >= 4 is 16.8 Å². The Morgan fingerprint density at radius 1 is 1.00 bits per heavy atom. The number of fused-ring (bicyclic) bond motifs is 1. The number of benzene rings is 2. The molecule has 4 rings (SSSR count). The highest BCUT2D eigenvalue weighted by molar-refractivity contribution is 5.98. The number of aromatic amines is 1. The van der Waals surface area contributed by atoms with Crippen LogP contribution in [-0.2, 0) is 13.0 Å². The van der Waals surface area contributed by atoms with E-state index >= 15 is 0 Å². The molecule has 0 aliphatic heterocycles. The van der Waals surface area contributed by atoms with E-state index in [-0.39, 0.29) is 5.91 Å². The number of aromatic nitrogens is 2. The molecule has 4 aromatic rings. The summed E-state index contributed by atoms with van der Waals surface area (Å²) in [5, 5.41) is 3.92. The van der Waals surface area contributed by atoms with E-state index in [1.165, 1.54) is 0 Å². The van der Waals surface area contributed by atoms with Gasteiger partial charge in [0.25, 0.3) is 5.91 Å². The average molecular weight is 371 g/mol. The molecular formula is C23H21N3O2. The van der Waals surface area contributed by atoms with E-state index in [0.717, 1.165) is 34.2 Å². The lowest BCUT2D eigenvalue weighted by Gasteiger charge is -2.06. The molecule has 0 spiro atoms. The maximum atomic E-state index is 12.4. The summed E-state index contributed by atoms with van der Waals surface area (Å²) in [6, 6.07) is 21.6. The fourth-order valence-electron chi connectivity index (χ4n) is 3.02. The minimum Gasteiger partial charge on any atom is -0.489 e. The standard InChI is InChI=1S/C23H21N3O2/c27-23(25-12-10-17-7-4-11-24-15-17)22-13-19-8-9-20(14-21(19)26-22)28-16-18-5-2-1-3-6-18/h1-9,11,13-15,26H,10,12,16H2,(H,25,27). The van der Waals surface area contributed by atoms with Crippen LogP contribution in [0.4, 0.5) is 0 Å². The normalized spacial score (nSPS) is 10.7. The van der Waals surface area contributed by atoms with E-state index in [1.54, 1.807) is 6.20 Å². The van der Waals surface area contributed by atoms with Gasteiger partial charge in [0.15, 0.2) is 0 Å². The summed E-state index contributed by atoms with van der Waals surface area (Å²) >= 11 is 0. The molecule has 0 aliphatic carbocycles. The molecule has 5 nitrogen and oxygen atoms in total. The second-order valence-electron chi connectivity index (χ2n) is 6.57. The third-order valence-electron chi connectivity index (χ3n) is 4.51. The molecule has 2 aromatic heterocycles. The minimum absolute atomic E-state index is 0.119. The van der Waals surface area contributed by atoms with Crippen molar-refractivity contribution in [2.45, 2.75) is 13.0 Å². The molecule has 0 saturated heterocycles. The summed E-state index contributed by atoms with van der Waals surface area (Å²) in [6.07, 6.45) is 4.30. The van der Waals surface area contributed by atoms with Crippen molar-refractivity contribution in [1.29, 1.82) is 0 Å². The third-order valence-corrected chi connectivity index (χ3v) is 4.51. The molecule has 5 heteroatoms. The second kappa shape index (κ2) is 8.39. The Balaban J connectivity index is 1.37. The number of carbonyl (C=O) groups excluding carboxylic acids is 1. The number of carbonyl (C=O) groups is 1. The van der Waals surface area contributed by atoms with Gasteiger partial charge in [-0.05, 0) is 41.8 Å². The van der Waals surface area contributed by atoms with Crippen molar-refractivity contribution in [3.63, 3.8) is 0 Å². The van der Waals surface area contributed by atoms with Crippen molar-refractivity contribution in [1.82, 2.24) is 15.3 Å². The summed E-state index contributed by atoms with van der Waals surface area (Å²) in [5.74, 6) is 0.647. The van der Waals surface area contributed by atoms with Crippen LogP contribution in [0.1, 0.15) is 21.6 Å². The predicted molar refractivity (Wildman–Crippen MR) is 109 cm³/mol. The highest BCUT2D eigenvalue weighted by Gasteiger charge is 2.10. The van der Waals surface area contributed by atoms with Crippen LogP contribution >= 0.6 is 0 Å². The first kappa shape index (κ1) is 17.8. The van der Waals surface area contributed by atoms with Crippen LogP contribution in [0.5, 0.6) is 5.75 Å². The van der Waals surface area contributed by atoms with Gasteiger partial charge >= 0.3 is 0 Å². The average Bonchev–Trinajstić information content (AvgIpc) is 3.17. The zero-order valence-electron chi connectivity index (χ0n) is 15.4. The van der Waals surface area contributed by atoms with Gasteiger partial charge in [0.1, 0.15) is 18.1 Å². The molecule has 28 heavy (non-hydrogen) atoms. The Hall–Kier alpha value is -3.60. The predicted octanol–water partition coefficient (Wildman–Crippen LogP) is 4.11. The van der Waals surface area contributed by atoms with Crippen LogP contribution in [0.25, 0.3) is 10.9 Å². The van der Waals surface area contributed by atoms with Gasteiger partial charge < -0.3 is 15.0 Å². The molecule has 2 N–H and O–H groups in total. The molecule has 2 aromatic carbocycles. The zero-order chi connectivity index (χ0) is 19.2. The Morgan fingerprint density at radius 3 is 2.68 bits per heavy atom. The maximum absolute atomic E-state index is 12.4. The Morgan fingerprint density at radius 2 is 1.86 bits per heavy atom. The SMILES string of the molecule is O=C(NCCc1cccnc1)c1cc2ccc(OCc3ccccc3)cc2[nH]1. The fourth-order valence-corrected chi connectivity index (χ4v) is 3.02. The maximum Gasteiger partial charge on any atom is 0.267 e. The summed E-state index contributed by atoms with van der Waals surface area (Å²) in [5.41, 5.74) is 3.63. The van der Waals surface area contributed by atoms with E-state index < -0.39 is 0 Å². The molecule has 2 heterocycles. The molecule has 1 amide bonds. The van der Waals surface area contributed by atoms with Gasteiger partial charge in [-0.25, -0.2) is 0 Å². The Kier molecular flexibility index (Phi) is 5.33. The Labute approximate surface area is 163 Å². The highest BCUT2D eigenvalue weighted by atomic mass is 16.5. The Bertz CT molecular complexity index is 1060. The van der Waals surface area contributed by atoms with E-state index in [4.69, 9.17) is 4.74 Å². The summed E-state index contributed by atoms with van der Waals surface area (Å²) < 4.78 is 5.86. The van der Waals surface area contributed by atoms with Crippen LogP contribution < -0.4 is 10.1 Å². The molecule has 0 fully saturated rings. The van der Waals surface area contributed by atoms with E-state index in [2.05, 4.69) is 15.3 Å². The number of hydrogen-bond acceptors (Lipinski definition) is 3. The number of ether oxygens (including phenoxy) is 1. The fraction of sp³-hybridized carbons (Fsp3) is 0.130. The number of nitrogens with zero attached hydrogens (tertiary/aromatic N) is 1. The first-order valence-electron chi connectivity index (χ1n) is 9.24. The topological polar surface area (TPSA) is 67.0 Å². The van der Waals surface area contributed by atoms with Gasteiger partial charge in [-0.15, -0.1) is 0 Å². The molecule has 0 aliphatic rings. The highest BCUT2D eigenvalue weighted by Crippen LogP contribution is 2.22. The monoisotopic (exact) mass is 371 g/mol. The number of hydrogen-bond donors (Lipinski definition) is 2. The van der Waals surface area contributed by atoms with Crippen molar-refractivity contribution in [2.24, 2.45) is 0 Å². The zero-order valence-corrected chi connectivity index (χ0v) is 15.4. The van der Waals surface area contributed by atoms with Gasteiger partial charge in [-0.3, -0.25) is 9.78 Å². The molecular weight excluding hydrogens is 350 g/mol. The van der Waals surface area contributed by atoms with E-state index in [0.29, 0.717) is 18.8 Å². The lowest BCUT2D eigenvalue weighted by molar-refractivity contribution is 0.0950. The number of rotatable bonds is 7. The first-order valence-corrected chi connectivity index (χ1v) is 9.24. The molecule has 140 valence electrons. The van der Waals surface area contributed by atoms with Crippen LogP contribution in [-0.4, -0.2) is 22.4 Å². The lowest BCUT2D eigenvalue weighted by atomic mass is 10.2. The van der Waals surface area contributed by atoms with Crippen molar-refractivity contribution in [2.75, 3.05) is 6.54 Å². The van der Waals surface area contributed by atoms with Crippen LogP contribution in [0, 0.1) is 0 Å². The summed E-state index contributed by atoms with van der Waals surface area (Å²) in [7, 11) is 0. The molecule has 0 radical (unpaired) electrons. The van der Waals surface area contributed by atoms with Crippen LogP contribution in [0.15, 0.2) is 79.1 Å². The molecule has 0 bridgehead atoms. The first-order chi connectivity index (χ1) is 13.8. The number of H-pyrrole nitrogens is 1. The van der Waals surface area contributed by atoms with Crippen molar-refractivity contribution in [3.05, 3.63) is 95.9 Å². The largest absolute Gasteiger partial charge is 0.489 e. The van der Waals surface area contributed by atoms with E-state index in [1.807, 2.05) is 72.9 Å². The van der Waals surface area contributed by atoms with Crippen LogP contribution in [0.3, 0.4) is 0 Å². The summed E-state index contributed by atoms with van der Waals surface area (Å²) in [6.45, 7) is 1.07. The quantitative estimate of drug-likeness (QED) is 0.514.